The molecule has 0 saturated heterocycles. The van der Waals surface area contributed by atoms with Gasteiger partial charge >= 0.3 is 5.97 Å². The van der Waals surface area contributed by atoms with Crippen LogP contribution in [0.1, 0.15) is 95.6 Å². The van der Waals surface area contributed by atoms with Crippen LogP contribution in [0.5, 0.6) is 11.5 Å². The van der Waals surface area contributed by atoms with Crippen LogP contribution >= 0.6 is 23.8 Å². The number of hydrogen-bond donors (Lipinski definition) is 2. The lowest BCUT2D eigenvalue weighted by atomic mass is 9.87. The van der Waals surface area contributed by atoms with Crippen LogP contribution in [0.2, 0.25) is 5.02 Å². The van der Waals surface area contributed by atoms with Crippen LogP contribution < -0.4 is 20.8 Å². The Bertz CT molecular complexity index is 1920. The van der Waals surface area contributed by atoms with Gasteiger partial charge in [-0.2, -0.15) is 0 Å². The predicted molar refractivity (Wildman–Crippen MR) is 191 cm³/mol. The number of aliphatic hydroxyl groups excluding tert-OH is 1. The third kappa shape index (κ3) is 8.78. The topological polar surface area (TPSA) is 123 Å². The van der Waals surface area contributed by atoms with Crippen LogP contribution in [0.15, 0.2) is 69.9 Å². The number of rotatable bonds is 15. The van der Waals surface area contributed by atoms with Crippen molar-refractivity contribution in [1.82, 2.24) is 0 Å². The van der Waals surface area contributed by atoms with Crippen LogP contribution in [0.3, 0.4) is 0 Å². The normalized spacial score (nSPS) is 13.9. The summed E-state index contributed by atoms with van der Waals surface area (Å²) < 4.78 is 16.8. The van der Waals surface area contributed by atoms with Crippen molar-refractivity contribution in [2.75, 3.05) is 13.7 Å². The number of aromatic hydroxyl groups is 1. The molecule has 0 unspecified atom stereocenters. The molecule has 1 aliphatic rings. The Morgan fingerprint density at radius 3 is 2.67 bits per heavy atom. The highest BCUT2D eigenvalue weighted by atomic mass is 35.5. The molecule has 0 saturated carbocycles. The summed E-state index contributed by atoms with van der Waals surface area (Å²) in [5.41, 5.74) is 1.08. The number of ketones is 1. The van der Waals surface area contributed by atoms with E-state index in [1.165, 1.54) is 14.0 Å². The van der Waals surface area contributed by atoms with Gasteiger partial charge in [0, 0.05) is 27.8 Å². The fraction of sp³-hybridized carbons (Fsp3) is 0.316. The lowest BCUT2D eigenvalue weighted by Crippen LogP contribution is -2.45. The molecule has 2 aromatic carbocycles. The summed E-state index contributed by atoms with van der Waals surface area (Å²) in [6.07, 6.45) is 13.2. The maximum Gasteiger partial charge on any atom is 0.374 e. The van der Waals surface area contributed by atoms with Crippen molar-refractivity contribution in [3.05, 3.63) is 115 Å². The molecule has 2 atom stereocenters. The number of esters is 1. The van der Waals surface area contributed by atoms with Crippen molar-refractivity contribution in [2.24, 2.45) is 0 Å². The number of fused-ring (bicyclic) bond motifs is 1. The summed E-state index contributed by atoms with van der Waals surface area (Å²) in [6, 6.07) is 9.99. The van der Waals surface area contributed by atoms with Crippen LogP contribution in [0, 0.1) is 0 Å². The van der Waals surface area contributed by atoms with Crippen molar-refractivity contribution in [1.29, 1.82) is 0 Å². The summed E-state index contributed by atoms with van der Waals surface area (Å²) in [7, 11) is 1.19. The highest BCUT2D eigenvalue weighted by Crippen LogP contribution is 2.34. The minimum atomic E-state index is -1.25. The van der Waals surface area contributed by atoms with E-state index in [-0.39, 0.29) is 33.5 Å². The smallest absolute Gasteiger partial charge is 0.374 e. The van der Waals surface area contributed by atoms with E-state index in [1.54, 1.807) is 60.7 Å². The quantitative estimate of drug-likeness (QED) is 0.0609. The van der Waals surface area contributed by atoms with E-state index in [4.69, 9.17) is 37.7 Å². The van der Waals surface area contributed by atoms with Crippen molar-refractivity contribution < 1.29 is 33.7 Å². The second-order valence-electron chi connectivity index (χ2n) is 11.4. The molecule has 0 amide bonds. The molecule has 252 valence electrons. The van der Waals surface area contributed by atoms with Crippen LogP contribution in [0.25, 0.3) is 12.2 Å². The standard InChI is InChI=1S/C38H39ClO8S/c1-4-12-28-31(19-18-27(23(2)40)35(28)42)46-20-10-8-6-5-7-9-15-30(34(41)24-13-11-14-25(39)21-24)33-36(43)29-17-16-26(48)22-32(29)47-37(33)38(44)45-3/h5,7,9,11,13-15,17-19,21-22,30,34,41-42H,4,6,8,10,12,16,20H2,1-3H3/b7-5-,15-9+/t30-,34-/m0/s1. The largest absolute Gasteiger partial charge is 0.507 e. The molecule has 0 fully saturated rings. The number of carbonyl (C=O) groups excluding carboxylic acids is 2. The lowest BCUT2D eigenvalue weighted by Gasteiger charge is -2.22. The van der Waals surface area contributed by atoms with E-state index < -0.39 is 23.4 Å². The Labute approximate surface area is 289 Å². The van der Waals surface area contributed by atoms with E-state index in [2.05, 4.69) is 0 Å². The molecule has 10 heteroatoms. The van der Waals surface area contributed by atoms with Crippen molar-refractivity contribution in [2.45, 2.75) is 64.4 Å². The number of carbonyl (C=O) groups is 2. The summed E-state index contributed by atoms with van der Waals surface area (Å²) in [5.74, 6) is -1.76. The number of halogens is 1. The maximum absolute atomic E-state index is 13.9. The minimum absolute atomic E-state index is 0.0113. The van der Waals surface area contributed by atoms with Gasteiger partial charge in [0.2, 0.25) is 5.76 Å². The number of hydrogen-bond acceptors (Lipinski definition) is 9. The molecule has 8 nitrogen and oxygen atoms in total. The summed E-state index contributed by atoms with van der Waals surface area (Å²) in [6.45, 7) is 3.86. The van der Waals surface area contributed by atoms with Gasteiger partial charge < -0.3 is 24.1 Å². The predicted octanol–water partition coefficient (Wildman–Crippen LogP) is 6.45. The highest BCUT2D eigenvalue weighted by Gasteiger charge is 2.31. The van der Waals surface area contributed by atoms with Gasteiger partial charge in [-0.15, -0.1) is 0 Å². The number of benzene rings is 2. The second-order valence-corrected chi connectivity index (χ2v) is 12.4. The molecule has 1 heterocycles. The van der Waals surface area contributed by atoms with Crippen molar-refractivity contribution in [3.8, 4) is 11.5 Å². The third-order valence-corrected chi connectivity index (χ3v) is 8.47. The number of Topliss-reactive ketones (excluding diaryl/α,β-unsaturated/α-hetero) is 1. The first-order valence-corrected chi connectivity index (χ1v) is 16.6. The monoisotopic (exact) mass is 690 g/mol. The van der Waals surface area contributed by atoms with Gasteiger partial charge in [-0.3, -0.25) is 9.59 Å². The van der Waals surface area contributed by atoms with Crippen molar-refractivity contribution >= 4 is 52.6 Å². The number of phenols is 1. The van der Waals surface area contributed by atoms with Gasteiger partial charge in [0.1, 0.15) is 16.9 Å². The maximum atomic E-state index is 13.9. The Kier molecular flexibility index (Phi) is 13.1. The number of phenolic OH excluding ortho intramolecular Hbond substituents is 1. The fourth-order valence-corrected chi connectivity index (χ4v) is 5.92. The number of unbranched alkanes of at least 4 members (excludes halogenated alkanes) is 2. The zero-order chi connectivity index (χ0) is 34.8. The second kappa shape index (κ2) is 17.2. The summed E-state index contributed by atoms with van der Waals surface area (Å²) >= 11 is 11.5. The third-order valence-electron chi connectivity index (χ3n) is 7.95. The van der Waals surface area contributed by atoms with E-state index in [9.17, 15) is 24.6 Å². The number of ether oxygens (including phenoxy) is 2. The molecule has 1 aliphatic carbocycles. The molecule has 0 spiro atoms. The molecule has 1 aromatic heterocycles. The van der Waals surface area contributed by atoms with E-state index in [0.29, 0.717) is 51.8 Å². The van der Waals surface area contributed by atoms with Crippen molar-refractivity contribution in [3.63, 3.8) is 0 Å². The first kappa shape index (κ1) is 36.5. The molecule has 4 rings (SSSR count). The molecule has 0 bridgehead atoms. The number of thiocarbonyl (C=S) groups is 1. The van der Waals surface area contributed by atoms with Crippen LogP contribution in [0.4, 0.5) is 0 Å². The molecule has 2 N–H and O–H groups in total. The van der Waals surface area contributed by atoms with Gasteiger partial charge in [-0.05, 0) is 68.5 Å². The molecule has 0 radical (unpaired) electrons. The Morgan fingerprint density at radius 1 is 1.17 bits per heavy atom. The molecular weight excluding hydrogens is 652 g/mol. The first-order chi connectivity index (χ1) is 23.1. The molecule has 3 aromatic rings. The molecule has 48 heavy (non-hydrogen) atoms. The van der Waals surface area contributed by atoms with Gasteiger partial charge in [-0.25, -0.2) is 4.79 Å². The average molecular weight is 691 g/mol. The first-order valence-electron chi connectivity index (χ1n) is 15.8. The zero-order valence-electron chi connectivity index (χ0n) is 27.2. The van der Waals surface area contributed by atoms with Crippen LogP contribution in [-0.2, 0) is 11.2 Å². The molecule has 0 aliphatic heterocycles. The van der Waals surface area contributed by atoms with Gasteiger partial charge in [-0.1, -0.05) is 79.7 Å². The zero-order valence-corrected chi connectivity index (χ0v) is 28.7. The van der Waals surface area contributed by atoms with Crippen LogP contribution in [-0.4, -0.2) is 40.5 Å². The lowest BCUT2D eigenvalue weighted by molar-refractivity contribution is 0.0553. The summed E-state index contributed by atoms with van der Waals surface area (Å²) in [4.78, 5) is 39.1. The number of allylic oxidation sites excluding steroid dienone is 3. The van der Waals surface area contributed by atoms with E-state index >= 15 is 0 Å². The molecular formula is C38H39ClO8S. The summed E-state index contributed by atoms with van der Waals surface area (Å²) in [5, 5.41) is 22.8. The average Bonchev–Trinajstić information content (AvgIpc) is 3.06. The van der Waals surface area contributed by atoms with E-state index in [1.807, 2.05) is 19.1 Å². The Hall–Kier alpha value is -4.31. The van der Waals surface area contributed by atoms with Gasteiger partial charge in [0.25, 0.3) is 0 Å². The number of aliphatic hydroxyl groups is 1. The minimum Gasteiger partial charge on any atom is -0.507 e. The SMILES string of the molecule is CCCc1c(OCCCC/C=C\C=C\[C@@H](c2c(C(=O)OC)oc3c(c2=O)=CCC(=S)C=3)[C@@H](O)c2cccc(Cl)c2)ccc(C(C)=O)c1O. The Balaban J connectivity index is 1.51. The Morgan fingerprint density at radius 2 is 1.96 bits per heavy atom. The highest BCUT2D eigenvalue weighted by molar-refractivity contribution is 7.81. The van der Waals surface area contributed by atoms with E-state index in [0.717, 1.165) is 25.7 Å². The van der Waals surface area contributed by atoms with Gasteiger partial charge in [0.05, 0.1) is 36.2 Å². The van der Waals surface area contributed by atoms with Gasteiger partial charge in [0.15, 0.2) is 11.2 Å². The number of methoxy groups -OCH3 is 1. The fourth-order valence-electron chi connectivity index (χ4n) is 5.53.